The molecule has 0 aromatic carbocycles. The summed E-state index contributed by atoms with van der Waals surface area (Å²) in [5, 5.41) is 10.2. The van der Waals surface area contributed by atoms with Crippen LogP contribution in [0.1, 0.15) is 11.8 Å². The topological polar surface area (TPSA) is 276 Å². The van der Waals surface area contributed by atoms with Crippen molar-refractivity contribution in [3.8, 4) is 0 Å². The van der Waals surface area contributed by atoms with Gasteiger partial charge in [-0.25, -0.2) is 18.5 Å². The van der Waals surface area contributed by atoms with E-state index in [0.29, 0.717) is 5.56 Å². The third kappa shape index (κ3) is 6.48. The molecule has 1 aliphatic rings. The van der Waals surface area contributed by atoms with Crippen molar-refractivity contribution in [2.24, 2.45) is 5.73 Å². The SMILES string of the molecule is Cc1cn([C@@H]2O[C@H](COP(=O)(O)OP(=O)(O)OP(=O)(O)O)[C@@H](O)[C@H]2N)c(=O)nc1N. The smallest absolute Gasteiger partial charge is 0.389 e. The van der Waals surface area contributed by atoms with Gasteiger partial charge in [-0.1, -0.05) is 0 Å². The van der Waals surface area contributed by atoms with Gasteiger partial charge in [-0.2, -0.15) is 13.6 Å². The van der Waals surface area contributed by atoms with Gasteiger partial charge in [0.15, 0.2) is 6.23 Å². The number of rotatable bonds is 8. The van der Waals surface area contributed by atoms with Crippen LogP contribution in [0.3, 0.4) is 0 Å². The van der Waals surface area contributed by atoms with E-state index in [-0.39, 0.29) is 5.82 Å². The van der Waals surface area contributed by atoms with E-state index in [1.807, 2.05) is 0 Å². The molecular weight excluding hydrogens is 477 g/mol. The number of nitrogens with zero attached hydrogens (tertiary/aromatic N) is 2. The van der Waals surface area contributed by atoms with Crippen molar-refractivity contribution in [3.05, 3.63) is 22.2 Å². The highest BCUT2D eigenvalue weighted by Gasteiger charge is 2.46. The molecule has 6 atom stereocenters. The molecular formula is C10H19N4O13P3. The number of ether oxygens (including phenoxy) is 1. The van der Waals surface area contributed by atoms with Crippen molar-refractivity contribution in [2.45, 2.75) is 31.4 Å². The summed E-state index contributed by atoms with van der Waals surface area (Å²) < 4.78 is 51.4. The molecule has 172 valence electrons. The Morgan fingerprint density at radius 2 is 1.80 bits per heavy atom. The Morgan fingerprint density at radius 3 is 2.37 bits per heavy atom. The van der Waals surface area contributed by atoms with Gasteiger partial charge in [0.2, 0.25) is 0 Å². The normalized spacial score (nSPS) is 28.8. The van der Waals surface area contributed by atoms with Gasteiger partial charge in [-0.3, -0.25) is 9.09 Å². The molecule has 2 rings (SSSR count). The maximum absolute atomic E-state index is 12.0. The Hall–Kier alpha value is -1.03. The summed E-state index contributed by atoms with van der Waals surface area (Å²) in [6.45, 7) is 0.604. The lowest BCUT2D eigenvalue weighted by molar-refractivity contribution is -0.0455. The van der Waals surface area contributed by atoms with Crippen LogP contribution < -0.4 is 17.2 Å². The lowest BCUT2D eigenvalue weighted by Gasteiger charge is -2.19. The minimum atomic E-state index is -5.70. The molecule has 2 unspecified atom stereocenters. The van der Waals surface area contributed by atoms with Gasteiger partial charge < -0.3 is 40.9 Å². The number of anilines is 1. The summed E-state index contributed by atoms with van der Waals surface area (Å²) in [7, 11) is -16.7. The molecule has 0 amide bonds. The van der Waals surface area contributed by atoms with Gasteiger partial charge in [-0.15, -0.1) is 0 Å². The van der Waals surface area contributed by atoms with Crippen LogP contribution in [0, 0.1) is 6.92 Å². The minimum Gasteiger partial charge on any atom is -0.389 e. The third-order valence-corrected chi connectivity index (χ3v) is 7.49. The van der Waals surface area contributed by atoms with Gasteiger partial charge in [-0.05, 0) is 6.92 Å². The van der Waals surface area contributed by atoms with E-state index >= 15 is 0 Å². The fourth-order valence-electron chi connectivity index (χ4n) is 2.39. The van der Waals surface area contributed by atoms with Crippen LogP contribution in [-0.2, 0) is 31.6 Å². The predicted molar refractivity (Wildman–Crippen MR) is 95.4 cm³/mol. The number of aliphatic hydroxyl groups excluding tert-OH is 1. The number of phosphoric acid groups is 3. The lowest BCUT2D eigenvalue weighted by atomic mass is 10.1. The fourth-order valence-corrected chi connectivity index (χ4v) is 5.42. The number of hydrogen-bond donors (Lipinski definition) is 7. The highest BCUT2D eigenvalue weighted by molar-refractivity contribution is 7.66. The molecule has 0 bridgehead atoms. The van der Waals surface area contributed by atoms with Gasteiger partial charge in [0.25, 0.3) is 0 Å². The largest absolute Gasteiger partial charge is 0.490 e. The maximum Gasteiger partial charge on any atom is 0.490 e. The zero-order chi connectivity index (χ0) is 23.1. The van der Waals surface area contributed by atoms with Crippen LogP contribution in [0.25, 0.3) is 0 Å². The predicted octanol–water partition coefficient (Wildman–Crippen LogP) is -1.94. The van der Waals surface area contributed by atoms with Gasteiger partial charge in [0, 0.05) is 11.8 Å². The first kappa shape index (κ1) is 25.2. The summed E-state index contributed by atoms with van der Waals surface area (Å²) in [4.78, 5) is 51.0. The van der Waals surface area contributed by atoms with E-state index in [2.05, 4.69) is 18.1 Å². The van der Waals surface area contributed by atoms with Crippen molar-refractivity contribution in [1.29, 1.82) is 0 Å². The summed E-state index contributed by atoms with van der Waals surface area (Å²) in [6.07, 6.45) is -2.95. The highest BCUT2D eigenvalue weighted by atomic mass is 31.3. The Bertz CT molecular complexity index is 994. The first-order valence-corrected chi connectivity index (χ1v) is 12.3. The number of aromatic nitrogens is 2. The number of aliphatic hydroxyl groups is 1. The average molecular weight is 496 g/mol. The molecule has 9 N–H and O–H groups in total. The van der Waals surface area contributed by atoms with Gasteiger partial charge in [0.05, 0.1) is 12.6 Å². The molecule has 17 nitrogen and oxygen atoms in total. The highest BCUT2D eigenvalue weighted by Crippen LogP contribution is 2.66. The molecule has 1 aromatic heterocycles. The van der Waals surface area contributed by atoms with Crippen LogP contribution in [0.2, 0.25) is 0 Å². The molecule has 1 saturated heterocycles. The number of nitrogen functional groups attached to an aromatic ring is 1. The number of hydrogen-bond acceptors (Lipinski definition) is 12. The Morgan fingerprint density at radius 1 is 1.20 bits per heavy atom. The van der Waals surface area contributed by atoms with Crippen LogP contribution in [-0.4, -0.2) is 59.1 Å². The van der Waals surface area contributed by atoms with Crippen molar-refractivity contribution in [2.75, 3.05) is 12.3 Å². The third-order valence-electron chi connectivity index (χ3n) is 3.68. The molecule has 1 fully saturated rings. The Labute approximate surface area is 167 Å². The van der Waals surface area contributed by atoms with E-state index in [9.17, 15) is 28.5 Å². The maximum atomic E-state index is 12.0. The van der Waals surface area contributed by atoms with Gasteiger partial charge in [0.1, 0.15) is 18.0 Å². The zero-order valence-corrected chi connectivity index (χ0v) is 17.7. The van der Waals surface area contributed by atoms with E-state index in [1.165, 1.54) is 6.20 Å². The van der Waals surface area contributed by atoms with Crippen LogP contribution in [0.5, 0.6) is 0 Å². The van der Waals surface area contributed by atoms with E-state index < -0.39 is 60.2 Å². The Kier molecular flexibility index (Phi) is 7.44. The number of aryl methyl sites for hydroxylation is 1. The molecule has 0 radical (unpaired) electrons. The molecule has 2 heterocycles. The van der Waals surface area contributed by atoms with E-state index in [0.717, 1.165) is 4.57 Å². The van der Waals surface area contributed by atoms with Crippen molar-refractivity contribution in [3.63, 3.8) is 0 Å². The first-order valence-electron chi connectivity index (χ1n) is 7.74. The molecule has 1 aromatic rings. The summed E-state index contributed by atoms with van der Waals surface area (Å²) in [6, 6.07) is -1.22. The zero-order valence-electron chi connectivity index (χ0n) is 15.0. The van der Waals surface area contributed by atoms with Crippen molar-refractivity contribution in [1.82, 2.24) is 9.55 Å². The van der Waals surface area contributed by atoms with Crippen molar-refractivity contribution < 1.29 is 56.3 Å². The summed E-state index contributed by atoms with van der Waals surface area (Å²) >= 11 is 0. The standard InChI is InChI=1S/C10H19N4O13P3/c1-4-2-14(10(16)13-8(4)12)9-6(11)7(15)5(25-9)3-24-29(20,21)27-30(22,23)26-28(17,18)19/h2,5-7,9,15H,3,11H2,1H3,(H,20,21)(H,22,23)(H2,12,13,16)(H2,17,18,19)/t5-,6-,7-,9-/m1/s1. The first-order chi connectivity index (χ1) is 13.5. The van der Waals surface area contributed by atoms with Crippen molar-refractivity contribution >= 4 is 29.3 Å². The summed E-state index contributed by atoms with van der Waals surface area (Å²) in [5.41, 5.74) is 10.9. The molecule has 0 saturated carbocycles. The van der Waals surface area contributed by atoms with Crippen LogP contribution in [0.4, 0.5) is 5.82 Å². The Balaban J connectivity index is 2.09. The number of phosphoric ester groups is 1. The molecule has 30 heavy (non-hydrogen) atoms. The second kappa shape index (κ2) is 8.84. The molecule has 20 heteroatoms. The molecule has 1 aliphatic heterocycles. The van der Waals surface area contributed by atoms with E-state index in [1.54, 1.807) is 6.92 Å². The van der Waals surface area contributed by atoms with Crippen LogP contribution in [0.15, 0.2) is 11.0 Å². The van der Waals surface area contributed by atoms with Gasteiger partial charge >= 0.3 is 29.2 Å². The fraction of sp³-hybridized carbons (Fsp3) is 0.600. The monoisotopic (exact) mass is 496 g/mol. The quantitative estimate of drug-likeness (QED) is 0.193. The number of nitrogens with two attached hydrogens (primary N) is 2. The molecule has 0 spiro atoms. The summed E-state index contributed by atoms with van der Waals surface area (Å²) in [5.74, 6) is -0.0347. The van der Waals surface area contributed by atoms with E-state index in [4.69, 9.17) is 30.9 Å². The minimum absolute atomic E-state index is 0.0347. The average Bonchev–Trinajstić information content (AvgIpc) is 2.81. The second-order valence-electron chi connectivity index (χ2n) is 6.02. The second-order valence-corrected chi connectivity index (χ2v) is 10.4. The molecule has 0 aliphatic carbocycles. The lowest BCUT2D eigenvalue weighted by Crippen LogP contribution is -2.42. The van der Waals surface area contributed by atoms with Crippen LogP contribution >= 0.6 is 23.5 Å².